The van der Waals surface area contributed by atoms with Crippen LogP contribution < -0.4 is 0 Å². The maximum absolute atomic E-state index is 9.17. The van der Waals surface area contributed by atoms with Crippen molar-refractivity contribution in [3.63, 3.8) is 0 Å². The second kappa shape index (κ2) is 4.27. The Labute approximate surface area is 105 Å². The van der Waals surface area contributed by atoms with E-state index < -0.39 is 5.41 Å². The number of hydrogen-bond donors (Lipinski definition) is 0. The summed E-state index contributed by atoms with van der Waals surface area (Å²) < 4.78 is 0. The van der Waals surface area contributed by atoms with Gasteiger partial charge in [-0.25, -0.2) is 4.98 Å². The Morgan fingerprint density at radius 2 is 2.18 bits per heavy atom. The lowest BCUT2D eigenvalue weighted by Gasteiger charge is -2.12. The second-order valence-corrected chi connectivity index (χ2v) is 5.41. The smallest absolute Gasteiger partial charge is 0.125 e. The number of hydrogen-bond acceptors (Lipinski definition) is 4. The Morgan fingerprint density at radius 1 is 1.41 bits per heavy atom. The van der Waals surface area contributed by atoms with E-state index in [1.807, 2.05) is 32.9 Å². The van der Waals surface area contributed by atoms with Crippen LogP contribution in [0.1, 0.15) is 24.4 Å². The molecule has 2 rings (SSSR count). The standard InChI is InChI=1S/C13H13N3S/c1-9-11(13(2,3)8-14)17-12(16-9)10-5-4-6-15-7-10/h4-7H,1-3H3. The van der Waals surface area contributed by atoms with Crippen LogP contribution in [-0.4, -0.2) is 9.97 Å². The van der Waals surface area contributed by atoms with E-state index in [1.54, 1.807) is 23.7 Å². The summed E-state index contributed by atoms with van der Waals surface area (Å²) >= 11 is 1.57. The van der Waals surface area contributed by atoms with Gasteiger partial charge in [-0.1, -0.05) is 0 Å². The Morgan fingerprint density at radius 3 is 2.76 bits per heavy atom. The molecule has 0 bridgehead atoms. The number of pyridine rings is 1. The molecule has 2 heterocycles. The van der Waals surface area contributed by atoms with E-state index in [-0.39, 0.29) is 0 Å². The number of nitrogens with zero attached hydrogens (tertiary/aromatic N) is 3. The summed E-state index contributed by atoms with van der Waals surface area (Å²) in [5, 5.41) is 10.1. The molecule has 0 atom stereocenters. The molecule has 0 saturated heterocycles. The van der Waals surface area contributed by atoms with E-state index in [9.17, 15) is 0 Å². The molecule has 4 heteroatoms. The topological polar surface area (TPSA) is 49.6 Å². The summed E-state index contributed by atoms with van der Waals surface area (Å²) in [7, 11) is 0. The normalized spacial score (nSPS) is 11.2. The first kappa shape index (κ1) is 11.7. The molecule has 0 unspecified atom stereocenters. The van der Waals surface area contributed by atoms with Gasteiger partial charge in [0.1, 0.15) is 5.01 Å². The van der Waals surface area contributed by atoms with E-state index >= 15 is 0 Å². The molecular formula is C13H13N3S. The molecule has 0 aliphatic carbocycles. The number of nitriles is 1. The van der Waals surface area contributed by atoms with Gasteiger partial charge in [0, 0.05) is 22.8 Å². The van der Waals surface area contributed by atoms with Crippen LogP contribution in [0, 0.1) is 18.3 Å². The maximum Gasteiger partial charge on any atom is 0.125 e. The average molecular weight is 243 g/mol. The van der Waals surface area contributed by atoms with E-state index in [1.165, 1.54) is 0 Å². The molecule has 0 aromatic carbocycles. The Balaban J connectivity index is 2.49. The zero-order valence-electron chi connectivity index (χ0n) is 10.1. The highest BCUT2D eigenvalue weighted by Gasteiger charge is 2.26. The van der Waals surface area contributed by atoms with Crippen molar-refractivity contribution >= 4 is 11.3 Å². The van der Waals surface area contributed by atoms with Crippen LogP contribution in [-0.2, 0) is 5.41 Å². The number of aryl methyl sites for hydroxylation is 1. The van der Waals surface area contributed by atoms with Gasteiger partial charge in [-0.2, -0.15) is 5.26 Å². The predicted octanol–water partition coefficient (Wildman–Crippen LogP) is 3.31. The van der Waals surface area contributed by atoms with Crippen molar-refractivity contribution in [3.8, 4) is 16.6 Å². The highest BCUT2D eigenvalue weighted by Crippen LogP contribution is 2.35. The van der Waals surface area contributed by atoms with Crippen LogP contribution in [0.5, 0.6) is 0 Å². The number of thiazole rings is 1. The molecule has 2 aromatic rings. The first-order valence-electron chi connectivity index (χ1n) is 5.34. The van der Waals surface area contributed by atoms with Crippen molar-refractivity contribution in [3.05, 3.63) is 35.1 Å². The Kier molecular flexibility index (Phi) is 2.95. The highest BCUT2D eigenvalue weighted by atomic mass is 32.1. The van der Waals surface area contributed by atoms with Gasteiger partial charge >= 0.3 is 0 Å². The highest BCUT2D eigenvalue weighted by molar-refractivity contribution is 7.15. The summed E-state index contributed by atoms with van der Waals surface area (Å²) in [5.41, 5.74) is 1.45. The minimum Gasteiger partial charge on any atom is -0.264 e. The van der Waals surface area contributed by atoms with Crippen molar-refractivity contribution in [1.82, 2.24) is 9.97 Å². The van der Waals surface area contributed by atoms with Crippen LogP contribution in [0.2, 0.25) is 0 Å². The third kappa shape index (κ3) is 2.20. The molecule has 0 N–H and O–H groups in total. The Bertz CT molecular complexity index is 564. The van der Waals surface area contributed by atoms with E-state index in [2.05, 4.69) is 16.0 Å². The van der Waals surface area contributed by atoms with Crippen LogP contribution in [0.3, 0.4) is 0 Å². The molecule has 0 amide bonds. The summed E-state index contributed by atoms with van der Waals surface area (Å²) in [4.78, 5) is 9.63. The quantitative estimate of drug-likeness (QED) is 0.813. The van der Waals surface area contributed by atoms with Crippen LogP contribution in [0.25, 0.3) is 10.6 Å². The summed E-state index contributed by atoms with van der Waals surface area (Å²) in [6.45, 7) is 5.78. The minimum absolute atomic E-state index is 0.484. The average Bonchev–Trinajstić information content (AvgIpc) is 2.73. The minimum atomic E-state index is -0.484. The molecule has 17 heavy (non-hydrogen) atoms. The van der Waals surface area contributed by atoms with Crippen molar-refractivity contribution in [2.45, 2.75) is 26.2 Å². The lowest BCUT2D eigenvalue weighted by molar-refractivity contribution is 0.695. The predicted molar refractivity (Wildman–Crippen MR) is 68.7 cm³/mol. The monoisotopic (exact) mass is 243 g/mol. The first-order valence-corrected chi connectivity index (χ1v) is 6.16. The molecule has 0 aliphatic heterocycles. The van der Waals surface area contributed by atoms with Gasteiger partial charge in [-0.05, 0) is 32.9 Å². The molecular weight excluding hydrogens is 230 g/mol. The molecule has 0 radical (unpaired) electrons. The molecule has 86 valence electrons. The lowest BCUT2D eigenvalue weighted by Crippen LogP contribution is -2.13. The molecule has 0 saturated carbocycles. The SMILES string of the molecule is Cc1nc(-c2cccnc2)sc1C(C)(C)C#N. The van der Waals surface area contributed by atoms with E-state index in [0.717, 1.165) is 21.1 Å². The van der Waals surface area contributed by atoms with Crippen molar-refractivity contribution in [2.75, 3.05) is 0 Å². The zero-order valence-corrected chi connectivity index (χ0v) is 10.9. The first-order chi connectivity index (χ1) is 8.04. The van der Waals surface area contributed by atoms with Gasteiger partial charge in [-0.3, -0.25) is 4.98 Å². The fraction of sp³-hybridized carbons (Fsp3) is 0.308. The fourth-order valence-corrected chi connectivity index (χ4v) is 2.75. The van der Waals surface area contributed by atoms with Gasteiger partial charge in [0.05, 0.1) is 17.2 Å². The van der Waals surface area contributed by atoms with Gasteiger partial charge in [0.2, 0.25) is 0 Å². The van der Waals surface area contributed by atoms with Gasteiger partial charge in [-0.15, -0.1) is 11.3 Å². The summed E-state index contributed by atoms with van der Waals surface area (Å²) in [6.07, 6.45) is 3.53. The van der Waals surface area contributed by atoms with E-state index in [4.69, 9.17) is 5.26 Å². The third-order valence-corrected chi connectivity index (χ3v) is 4.08. The molecule has 0 aliphatic rings. The molecule has 3 nitrogen and oxygen atoms in total. The summed E-state index contributed by atoms with van der Waals surface area (Å²) in [6, 6.07) is 6.19. The largest absolute Gasteiger partial charge is 0.264 e. The zero-order chi connectivity index (χ0) is 12.5. The third-order valence-electron chi connectivity index (χ3n) is 2.55. The second-order valence-electron chi connectivity index (χ2n) is 4.41. The van der Waals surface area contributed by atoms with Crippen LogP contribution in [0.4, 0.5) is 0 Å². The Hall–Kier alpha value is -1.73. The van der Waals surface area contributed by atoms with Gasteiger partial charge < -0.3 is 0 Å². The molecule has 0 spiro atoms. The summed E-state index contributed by atoms with van der Waals surface area (Å²) in [5.74, 6) is 0. The number of rotatable bonds is 2. The maximum atomic E-state index is 9.17. The lowest BCUT2D eigenvalue weighted by atomic mass is 9.93. The van der Waals surface area contributed by atoms with Gasteiger partial charge in [0.25, 0.3) is 0 Å². The fourth-order valence-electron chi connectivity index (χ4n) is 1.64. The molecule has 0 fully saturated rings. The van der Waals surface area contributed by atoms with Crippen LogP contribution >= 0.6 is 11.3 Å². The van der Waals surface area contributed by atoms with Crippen LogP contribution in [0.15, 0.2) is 24.5 Å². The van der Waals surface area contributed by atoms with Gasteiger partial charge in [0.15, 0.2) is 0 Å². The van der Waals surface area contributed by atoms with E-state index in [0.29, 0.717) is 0 Å². The van der Waals surface area contributed by atoms with Crippen molar-refractivity contribution in [2.24, 2.45) is 0 Å². The van der Waals surface area contributed by atoms with Crippen molar-refractivity contribution < 1.29 is 0 Å². The molecule has 2 aromatic heterocycles. The number of aromatic nitrogens is 2. The van der Waals surface area contributed by atoms with Crippen molar-refractivity contribution in [1.29, 1.82) is 5.26 Å².